The Morgan fingerprint density at radius 1 is 1.19 bits per heavy atom. The first-order valence-corrected chi connectivity index (χ1v) is 9.13. The summed E-state index contributed by atoms with van der Waals surface area (Å²) in [5.41, 5.74) is 1.30. The minimum absolute atomic E-state index is 0.00129. The molecule has 0 aliphatic heterocycles. The smallest absolute Gasteiger partial charge is 0.419 e. The number of aromatic nitrogens is 1. The average molecular weight is 389 g/mol. The Morgan fingerprint density at radius 2 is 1.93 bits per heavy atom. The highest BCUT2D eigenvalue weighted by molar-refractivity contribution is 6.32. The van der Waals surface area contributed by atoms with Crippen LogP contribution in [-0.4, -0.2) is 35.6 Å². The number of ether oxygens (including phenoxy) is 1. The van der Waals surface area contributed by atoms with Crippen molar-refractivity contribution >= 4 is 28.6 Å². The van der Waals surface area contributed by atoms with Gasteiger partial charge in [-0.15, -0.1) is 0 Å². The molecule has 0 N–H and O–H groups in total. The number of hydrogen-bond acceptors (Lipinski definition) is 4. The van der Waals surface area contributed by atoms with E-state index in [2.05, 4.69) is 0 Å². The van der Waals surface area contributed by atoms with Crippen molar-refractivity contribution in [1.29, 1.82) is 0 Å². The van der Waals surface area contributed by atoms with E-state index in [0.717, 1.165) is 5.52 Å². The van der Waals surface area contributed by atoms with Gasteiger partial charge in [0.25, 0.3) is 0 Å². The lowest BCUT2D eigenvalue weighted by Crippen LogP contribution is -2.31. The molecule has 2 aromatic carbocycles. The largest absolute Gasteiger partial charge is 0.490 e. The zero-order valence-electron chi connectivity index (χ0n) is 15.1. The van der Waals surface area contributed by atoms with E-state index in [-0.39, 0.29) is 5.91 Å². The summed E-state index contributed by atoms with van der Waals surface area (Å²) in [5.74, 6) is 0.204. The third-order valence-corrected chi connectivity index (χ3v) is 4.60. The highest BCUT2D eigenvalue weighted by Crippen LogP contribution is 2.22. The van der Waals surface area contributed by atoms with Gasteiger partial charge in [-0.05, 0) is 30.7 Å². The zero-order valence-corrected chi connectivity index (χ0v) is 15.8. The molecule has 0 radical (unpaired) electrons. The number of aryl methyl sites for hydroxylation is 1. The molecule has 142 valence electrons. The Kier molecular flexibility index (Phi) is 6.19. The van der Waals surface area contributed by atoms with Crippen molar-refractivity contribution in [3.63, 3.8) is 0 Å². The average Bonchev–Trinajstić information content (AvgIpc) is 2.98. The maximum absolute atomic E-state index is 12.3. The molecule has 0 fully saturated rings. The number of benzene rings is 2. The van der Waals surface area contributed by atoms with Gasteiger partial charge in [-0.25, -0.2) is 4.79 Å². The fourth-order valence-corrected chi connectivity index (χ4v) is 2.97. The summed E-state index contributed by atoms with van der Waals surface area (Å²) in [4.78, 5) is 25.8. The number of halogens is 1. The van der Waals surface area contributed by atoms with Gasteiger partial charge >= 0.3 is 5.76 Å². The van der Waals surface area contributed by atoms with Crippen LogP contribution in [0.25, 0.3) is 11.1 Å². The molecule has 0 aliphatic rings. The molecule has 0 saturated carbocycles. The highest BCUT2D eigenvalue weighted by atomic mass is 35.5. The fourth-order valence-electron chi connectivity index (χ4n) is 2.78. The lowest BCUT2D eigenvalue weighted by Gasteiger charge is -2.17. The molecule has 6 nitrogen and oxygen atoms in total. The molecule has 0 aliphatic carbocycles. The van der Waals surface area contributed by atoms with Crippen molar-refractivity contribution in [2.75, 3.05) is 20.2 Å². The van der Waals surface area contributed by atoms with E-state index in [1.165, 1.54) is 0 Å². The Balaban J connectivity index is 1.45. The van der Waals surface area contributed by atoms with Crippen LogP contribution in [-0.2, 0) is 11.3 Å². The number of amides is 1. The topological polar surface area (TPSA) is 64.7 Å². The molecule has 0 spiro atoms. The standard InChI is InChI=1S/C20H21ClN2O4/c1-22(13-14-26-17-9-4-2-7-15(17)21)19(24)11-6-12-23-16-8-3-5-10-18(16)27-20(23)25/h2-5,7-10H,6,11-14H2,1H3. The molecule has 1 amide bonds. The Morgan fingerprint density at radius 3 is 2.74 bits per heavy atom. The molecular formula is C20H21ClN2O4. The SMILES string of the molecule is CN(CCOc1ccccc1Cl)C(=O)CCCn1c(=O)oc2ccccc21. The third kappa shape index (κ3) is 4.71. The number of carbonyl (C=O) groups excluding carboxylic acids is 1. The van der Waals surface area contributed by atoms with Crippen LogP contribution >= 0.6 is 11.6 Å². The summed E-state index contributed by atoms with van der Waals surface area (Å²) in [7, 11) is 1.73. The van der Waals surface area contributed by atoms with E-state index in [4.69, 9.17) is 20.8 Å². The number of para-hydroxylation sites is 3. The Hall–Kier alpha value is -2.73. The van der Waals surface area contributed by atoms with Crippen LogP contribution in [0.4, 0.5) is 0 Å². The van der Waals surface area contributed by atoms with E-state index in [0.29, 0.717) is 48.9 Å². The quantitative estimate of drug-likeness (QED) is 0.591. The first kappa shape index (κ1) is 19.0. The van der Waals surface area contributed by atoms with Crippen LogP contribution in [0.3, 0.4) is 0 Å². The van der Waals surface area contributed by atoms with Crippen molar-refractivity contribution in [3.05, 3.63) is 64.1 Å². The van der Waals surface area contributed by atoms with Gasteiger partial charge in [-0.3, -0.25) is 9.36 Å². The van der Waals surface area contributed by atoms with Crippen molar-refractivity contribution in [2.24, 2.45) is 0 Å². The predicted octanol–water partition coefficient (Wildman–Crippen LogP) is 3.57. The van der Waals surface area contributed by atoms with E-state index in [1.54, 1.807) is 34.7 Å². The molecule has 0 unspecified atom stereocenters. The van der Waals surface area contributed by atoms with Gasteiger partial charge in [0.15, 0.2) is 5.58 Å². The molecule has 1 heterocycles. The number of fused-ring (bicyclic) bond motifs is 1. The van der Waals surface area contributed by atoms with E-state index in [1.807, 2.05) is 30.3 Å². The number of hydrogen-bond donors (Lipinski definition) is 0. The minimum Gasteiger partial charge on any atom is -0.490 e. The number of oxazole rings is 1. The molecule has 1 aromatic heterocycles. The second kappa shape index (κ2) is 8.77. The summed E-state index contributed by atoms with van der Waals surface area (Å²) < 4.78 is 12.4. The number of nitrogens with zero attached hydrogens (tertiary/aromatic N) is 2. The first-order chi connectivity index (χ1) is 13.1. The molecule has 3 rings (SSSR count). The molecule has 3 aromatic rings. The van der Waals surface area contributed by atoms with Gasteiger partial charge in [-0.2, -0.15) is 0 Å². The summed E-state index contributed by atoms with van der Waals surface area (Å²) in [6, 6.07) is 14.5. The van der Waals surface area contributed by atoms with Crippen LogP contribution in [0, 0.1) is 0 Å². The van der Waals surface area contributed by atoms with Gasteiger partial charge in [0.1, 0.15) is 12.4 Å². The zero-order chi connectivity index (χ0) is 19.2. The second-order valence-corrected chi connectivity index (χ2v) is 6.59. The number of likely N-dealkylation sites (N-methyl/N-ethyl adjacent to an activating group) is 1. The summed E-state index contributed by atoms with van der Waals surface area (Å²) in [6.45, 7) is 1.25. The van der Waals surface area contributed by atoms with Crippen molar-refractivity contribution in [1.82, 2.24) is 9.47 Å². The first-order valence-electron chi connectivity index (χ1n) is 8.76. The highest BCUT2D eigenvalue weighted by Gasteiger charge is 2.12. The summed E-state index contributed by atoms with van der Waals surface area (Å²) in [5, 5.41) is 0.546. The minimum atomic E-state index is -0.398. The number of carbonyl (C=O) groups is 1. The molecule has 7 heteroatoms. The summed E-state index contributed by atoms with van der Waals surface area (Å²) in [6.07, 6.45) is 0.895. The van der Waals surface area contributed by atoms with E-state index >= 15 is 0 Å². The number of rotatable bonds is 8. The van der Waals surface area contributed by atoms with Gasteiger partial charge in [0, 0.05) is 20.0 Å². The van der Waals surface area contributed by atoms with Crippen LogP contribution in [0.1, 0.15) is 12.8 Å². The summed E-state index contributed by atoms with van der Waals surface area (Å²) >= 11 is 6.03. The lowest BCUT2D eigenvalue weighted by atomic mass is 10.2. The maximum atomic E-state index is 12.3. The van der Waals surface area contributed by atoms with Gasteiger partial charge in [-0.1, -0.05) is 35.9 Å². The van der Waals surface area contributed by atoms with Crippen LogP contribution in [0.2, 0.25) is 5.02 Å². The Labute approximate surface area is 161 Å². The van der Waals surface area contributed by atoms with Crippen LogP contribution in [0.15, 0.2) is 57.7 Å². The molecule has 0 atom stereocenters. The van der Waals surface area contributed by atoms with E-state index in [9.17, 15) is 9.59 Å². The second-order valence-electron chi connectivity index (χ2n) is 6.19. The van der Waals surface area contributed by atoms with Crippen LogP contribution < -0.4 is 10.5 Å². The third-order valence-electron chi connectivity index (χ3n) is 4.29. The fraction of sp³-hybridized carbons (Fsp3) is 0.300. The van der Waals surface area contributed by atoms with Gasteiger partial charge in [0.05, 0.1) is 17.1 Å². The molecule has 27 heavy (non-hydrogen) atoms. The predicted molar refractivity (Wildman–Crippen MR) is 104 cm³/mol. The van der Waals surface area contributed by atoms with E-state index < -0.39 is 5.76 Å². The Bertz CT molecular complexity index is 979. The molecule has 0 bridgehead atoms. The normalized spacial score (nSPS) is 10.9. The maximum Gasteiger partial charge on any atom is 0.419 e. The van der Waals surface area contributed by atoms with Crippen molar-refractivity contribution in [2.45, 2.75) is 19.4 Å². The molecular weight excluding hydrogens is 368 g/mol. The van der Waals surface area contributed by atoms with Gasteiger partial charge in [0.2, 0.25) is 5.91 Å². The van der Waals surface area contributed by atoms with Gasteiger partial charge < -0.3 is 14.1 Å². The van der Waals surface area contributed by atoms with Crippen LogP contribution in [0.5, 0.6) is 5.75 Å². The molecule has 0 saturated heterocycles. The lowest BCUT2D eigenvalue weighted by molar-refractivity contribution is -0.130. The van der Waals surface area contributed by atoms with Crippen molar-refractivity contribution in [3.8, 4) is 5.75 Å². The van der Waals surface area contributed by atoms with Crippen molar-refractivity contribution < 1.29 is 13.9 Å². The monoisotopic (exact) mass is 388 g/mol.